The number of anilines is 2. The van der Waals surface area contributed by atoms with Gasteiger partial charge >= 0.3 is 0 Å². The number of benzene rings is 2. The van der Waals surface area contributed by atoms with E-state index >= 15 is 0 Å². The molecule has 1 aliphatic heterocycles. The number of hydrogen-bond acceptors (Lipinski definition) is 3. The zero-order chi connectivity index (χ0) is 16.4. The molecule has 2 N–H and O–H groups in total. The van der Waals surface area contributed by atoms with Crippen LogP contribution in [0.3, 0.4) is 0 Å². The lowest BCUT2D eigenvalue weighted by atomic mass is 10.1. The third kappa shape index (κ3) is 3.31. The monoisotopic (exact) mass is 314 g/mol. The maximum Gasteiger partial charge on any atom is 0.265 e. The Kier molecular flexibility index (Phi) is 3.97. The van der Waals surface area contributed by atoms with Crippen molar-refractivity contribution < 1.29 is 18.7 Å². The first-order chi connectivity index (χ1) is 11.0. The van der Waals surface area contributed by atoms with E-state index in [1.165, 1.54) is 12.1 Å². The van der Waals surface area contributed by atoms with Crippen LogP contribution in [0.5, 0.6) is 5.75 Å². The Morgan fingerprint density at radius 3 is 2.74 bits per heavy atom. The molecule has 0 aliphatic carbocycles. The van der Waals surface area contributed by atoms with Gasteiger partial charge in [0.05, 0.1) is 12.1 Å². The molecule has 0 saturated heterocycles. The lowest BCUT2D eigenvalue weighted by Gasteiger charge is -2.25. The molecule has 6 heteroatoms. The number of hydrogen-bond donors (Lipinski definition) is 2. The van der Waals surface area contributed by atoms with Crippen LogP contribution in [0.25, 0.3) is 0 Å². The number of rotatable bonds is 3. The number of carbonyl (C=O) groups is 2. The van der Waals surface area contributed by atoms with E-state index < -0.39 is 6.10 Å². The van der Waals surface area contributed by atoms with Crippen molar-refractivity contribution in [3.63, 3.8) is 0 Å². The minimum Gasteiger partial charge on any atom is -0.479 e. The quantitative estimate of drug-likeness (QED) is 0.915. The van der Waals surface area contributed by atoms with Crippen LogP contribution in [0.4, 0.5) is 15.8 Å². The van der Waals surface area contributed by atoms with Gasteiger partial charge in [0.15, 0.2) is 6.10 Å². The van der Waals surface area contributed by atoms with E-state index in [0.717, 1.165) is 0 Å². The fraction of sp³-hybridized carbons (Fsp3) is 0.176. The minimum atomic E-state index is -0.576. The first kappa shape index (κ1) is 15.0. The standard InChI is InChI=1S/C17H15FN2O3/c1-10-17(22)20-16-13(3-2-4-14(16)23-10)19-15(21)9-11-5-7-12(18)8-6-11/h2-8,10H,9H2,1H3,(H,19,21)(H,20,22). The van der Waals surface area contributed by atoms with Gasteiger partial charge in [-0.3, -0.25) is 9.59 Å². The lowest BCUT2D eigenvalue weighted by molar-refractivity contribution is -0.122. The zero-order valence-corrected chi connectivity index (χ0v) is 12.4. The van der Waals surface area contributed by atoms with E-state index in [9.17, 15) is 14.0 Å². The first-order valence-corrected chi connectivity index (χ1v) is 7.18. The second-order valence-electron chi connectivity index (χ2n) is 5.28. The molecule has 0 bridgehead atoms. The summed E-state index contributed by atoms with van der Waals surface area (Å²) in [7, 11) is 0. The average molecular weight is 314 g/mol. The number of ether oxygens (including phenoxy) is 1. The maximum atomic E-state index is 12.9. The van der Waals surface area contributed by atoms with Crippen LogP contribution in [0.1, 0.15) is 12.5 Å². The van der Waals surface area contributed by atoms with Gasteiger partial charge in [0.2, 0.25) is 5.91 Å². The van der Waals surface area contributed by atoms with Gasteiger partial charge in [0, 0.05) is 0 Å². The normalized spacial score (nSPS) is 16.1. The SMILES string of the molecule is CC1Oc2cccc(NC(=O)Cc3ccc(F)cc3)c2NC1=O. The summed E-state index contributed by atoms with van der Waals surface area (Å²) in [4.78, 5) is 23.9. The van der Waals surface area contributed by atoms with E-state index in [1.54, 1.807) is 37.3 Å². The van der Waals surface area contributed by atoms with Crippen LogP contribution in [0.15, 0.2) is 42.5 Å². The molecule has 2 aromatic rings. The fourth-order valence-corrected chi connectivity index (χ4v) is 2.31. The van der Waals surface area contributed by atoms with Crippen molar-refractivity contribution in [3.8, 4) is 5.75 Å². The second-order valence-corrected chi connectivity index (χ2v) is 5.28. The number of fused-ring (bicyclic) bond motifs is 1. The average Bonchev–Trinajstić information content (AvgIpc) is 2.51. The highest BCUT2D eigenvalue weighted by atomic mass is 19.1. The van der Waals surface area contributed by atoms with E-state index in [1.807, 2.05) is 0 Å². The number of halogens is 1. The smallest absolute Gasteiger partial charge is 0.265 e. The highest BCUT2D eigenvalue weighted by Gasteiger charge is 2.25. The number of nitrogens with one attached hydrogen (secondary N) is 2. The molecule has 0 fully saturated rings. The van der Waals surface area contributed by atoms with Gasteiger partial charge in [-0.2, -0.15) is 0 Å². The van der Waals surface area contributed by atoms with Crippen LogP contribution in [0.2, 0.25) is 0 Å². The third-order valence-electron chi connectivity index (χ3n) is 3.50. The van der Waals surface area contributed by atoms with Crippen molar-refractivity contribution in [1.82, 2.24) is 0 Å². The molecule has 0 radical (unpaired) electrons. The van der Waals surface area contributed by atoms with Crippen LogP contribution >= 0.6 is 0 Å². The molecule has 1 unspecified atom stereocenters. The van der Waals surface area contributed by atoms with Crippen LogP contribution in [-0.4, -0.2) is 17.9 Å². The molecule has 1 aliphatic rings. The van der Waals surface area contributed by atoms with Gasteiger partial charge < -0.3 is 15.4 Å². The van der Waals surface area contributed by atoms with Crippen molar-refractivity contribution >= 4 is 23.2 Å². The Bertz CT molecular complexity index is 759. The molecule has 0 saturated carbocycles. The molecule has 118 valence electrons. The van der Waals surface area contributed by atoms with Crippen LogP contribution < -0.4 is 15.4 Å². The second kappa shape index (κ2) is 6.08. The predicted octanol–water partition coefficient (Wildman–Crippen LogP) is 2.73. The predicted molar refractivity (Wildman–Crippen MR) is 83.9 cm³/mol. The van der Waals surface area contributed by atoms with Crippen molar-refractivity contribution in [2.24, 2.45) is 0 Å². The number of carbonyl (C=O) groups excluding carboxylic acids is 2. The van der Waals surface area contributed by atoms with E-state index in [4.69, 9.17) is 4.74 Å². The lowest BCUT2D eigenvalue weighted by Crippen LogP contribution is -2.35. The molecular formula is C17H15FN2O3. The van der Waals surface area contributed by atoms with Crippen LogP contribution in [0, 0.1) is 5.82 Å². The molecule has 23 heavy (non-hydrogen) atoms. The van der Waals surface area contributed by atoms with Gasteiger partial charge in [-0.1, -0.05) is 18.2 Å². The Balaban J connectivity index is 1.75. The highest BCUT2D eigenvalue weighted by molar-refractivity contribution is 6.04. The molecule has 1 atom stereocenters. The molecular weight excluding hydrogens is 299 g/mol. The van der Waals surface area contributed by atoms with Crippen molar-refractivity contribution in [3.05, 3.63) is 53.8 Å². The molecule has 5 nitrogen and oxygen atoms in total. The zero-order valence-electron chi connectivity index (χ0n) is 12.4. The van der Waals surface area contributed by atoms with Gasteiger partial charge in [0.1, 0.15) is 17.3 Å². The summed E-state index contributed by atoms with van der Waals surface area (Å²) >= 11 is 0. The summed E-state index contributed by atoms with van der Waals surface area (Å²) < 4.78 is 18.4. The molecule has 2 amide bonds. The van der Waals surface area contributed by atoms with E-state index in [0.29, 0.717) is 22.7 Å². The highest BCUT2D eigenvalue weighted by Crippen LogP contribution is 2.36. The molecule has 0 spiro atoms. The van der Waals surface area contributed by atoms with E-state index in [2.05, 4.69) is 10.6 Å². The molecule has 1 heterocycles. The van der Waals surface area contributed by atoms with Crippen molar-refractivity contribution in [2.75, 3.05) is 10.6 Å². The summed E-state index contributed by atoms with van der Waals surface area (Å²) in [6, 6.07) is 10.9. The Morgan fingerprint density at radius 1 is 1.26 bits per heavy atom. The van der Waals surface area contributed by atoms with Gasteiger partial charge in [0.25, 0.3) is 5.91 Å². The van der Waals surface area contributed by atoms with Gasteiger partial charge in [-0.05, 0) is 36.8 Å². The topological polar surface area (TPSA) is 67.4 Å². The third-order valence-corrected chi connectivity index (χ3v) is 3.50. The largest absolute Gasteiger partial charge is 0.479 e. The Hall–Kier alpha value is -2.89. The molecule has 2 aromatic carbocycles. The summed E-state index contributed by atoms with van der Waals surface area (Å²) in [6.07, 6.45) is -0.470. The fourth-order valence-electron chi connectivity index (χ4n) is 2.31. The summed E-state index contributed by atoms with van der Waals surface area (Å²) in [5.41, 5.74) is 1.61. The maximum absolute atomic E-state index is 12.9. The van der Waals surface area contributed by atoms with E-state index in [-0.39, 0.29) is 24.1 Å². The van der Waals surface area contributed by atoms with Gasteiger partial charge in [-0.25, -0.2) is 4.39 Å². The summed E-state index contributed by atoms with van der Waals surface area (Å²) in [5.74, 6) is -0.368. The molecule has 0 aromatic heterocycles. The number of amides is 2. The van der Waals surface area contributed by atoms with Crippen LogP contribution in [-0.2, 0) is 16.0 Å². The Morgan fingerprint density at radius 2 is 2.00 bits per heavy atom. The molecule has 3 rings (SSSR count). The Labute approximate surface area is 132 Å². The first-order valence-electron chi connectivity index (χ1n) is 7.18. The number of para-hydroxylation sites is 1. The van der Waals surface area contributed by atoms with Crippen molar-refractivity contribution in [1.29, 1.82) is 0 Å². The van der Waals surface area contributed by atoms with Gasteiger partial charge in [-0.15, -0.1) is 0 Å². The van der Waals surface area contributed by atoms with Crippen molar-refractivity contribution in [2.45, 2.75) is 19.4 Å². The summed E-state index contributed by atoms with van der Waals surface area (Å²) in [5, 5.41) is 5.47. The minimum absolute atomic E-state index is 0.106. The summed E-state index contributed by atoms with van der Waals surface area (Å²) in [6.45, 7) is 1.65.